The normalized spacial score (nSPS) is 13.7. The van der Waals surface area contributed by atoms with Crippen molar-refractivity contribution in [1.82, 2.24) is 15.5 Å². The molecule has 1 saturated heterocycles. The number of urea groups is 1. The van der Waals surface area contributed by atoms with Crippen LogP contribution < -0.4 is 15.5 Å². The lowest BCUT2D eigenvalue weighted by atomic mass is 10.1. The SMILES string of the molecule is CC(=O)c1ccc(N2CCN(C(=O)CNC(=O)NCc3ccc(F)cc3)CC2)cc1. The first-order valence-corrected chi connectivity index (χ1v) is 9.82. The van der Waals surface area contributed by atoms with Crippen LogP contribution in [-0.2, 0) is 11.3 Å². The Morgan fingerprint density at radius 3 is 2.13 bits per heavy atom. The molecule has 8 heteroatoms. The summed E-state index contributed by atoms with van der Waals surface area (Å²) in [6.45, 7) is 4.20. The summed E-state index contributed by atoms with van der Waals surface area (Å²) < 4.78 is 12.9. The Morgan fingerprint density at radius 1 is 0.900 bits per heavy atom. The van der Waals surface area contributed by atoms with E-state index in [9.17, 15) is 18.8 Å². The van der Waals surface area contributed by atoms with E-state index in [4.69, 9.17) is 0 Å². The number of rotatable bonds is 6. The van der Waals surface area contributed by atoms with Crippen molar-refractivity contribution in [2.24, 2.45) is 0 Å². The van der Waals surface area contributed by atoms with Crippen LogP contribution in [-0.4, -0.2) is 55.3 Å². The third kappa shape index (κ3) is 5.79. The molecule has 30 heavy (non-hydrogen) atoms. The van der Waals surface area contributed by atoms with Crippen LogP contribution in [0.1, 0.15) is 22.8 Å². The zero-order valence-corrected chi connectivity index (χ0v) is 16.9. The molecule has 3 rings (SSSR count). The molecule has 0 saturated carbocycles. The molecule has 1 heterocycles. The number of hydrogen-bond acceptors (Lipinski definition) is 4. The molecule has 7 nitrogen and oxygen atoms in total. The van der Waals surface area contributed by atoms with Gasteiger partial charge in [-0.25, -0.2) is 9.18 Å². The molecule has 2 aromatic carbocycles. The minimum Gasteiger partial charge on any atom is -0.368 e. The summed E-state index contributed by atoms with van der Waals surface area (Å²) in [5, 5.41) is 5.20. The van der Waals surface area contributed by atoms with E-state index in [1.807, 2.05) is 24.3 Å². The lowest BCUT2D eigenvalue weighted by Gasteiger charge is -2.36. The molecule has 0 unspecified atom stereocenters. The van der Waals surface area contributed by atoms with E-state index >= 15 is 0 Å². The van der Waals surface area contributed by atoms with Crippen molar-refractivity contribution in [3.8, 4) is 0 Å². The maximum absolute atomic E-state index is 12.9. The Hall–Kier alpha value is -3.42. The third-order valence-corrected chi connectivity index (χ3v) is 5.04. The van der Waals surface area contributed by atoms with Crippen LogP contribution in [0.4, 0.5) is 14.9 Å². The number of carbonyl (C=O) groups is 3. The fourth-order valence-electron chi connectivity index (χ4n) is 3.24. The topological polar surface area (TPSA) is 81.8 Å². The maximum atomic E-state index is 12.9. The zero-order chi connectivity index (χ0) is 21.5. The molecule has 1 aliphatic rings. The first kappa shape index (κ1) is 21.3. The highest BCUT2D eigenvalue weighted by atomic mass is 19.1. The highest BCUT2D eigenvalue weighted by molar-refractivity contribution is 5.94. The van der Waals surface area contributed by atoms with Crippen molar-refractivity contribution in [3.05, 3.63) is 65.5 Å². The minimum absolute atomic E-state index is 0.0335. The molecule has 0 spiro atoms. The van der Waals surface area contributed by atoms with E-state index < -0.39 is 6.03 Å². The standard InChI is InChI=1S/C22H25FN4O3/c1-16(28)18-4-8-20(9-5-18)26-10-12-27(13-11-26)21(29)15-25-22(30)24-14-17-2-6-19(23)7-3-17/h2-9H,10-15H2,1H3,(H2,24,25,30). The molecule has 0 aromatic heterocycles. The number of amides is 3. The fraction of sp³-hybridized carbons (Fsp3) is 0.318. The van der Waals surface area contributed by atoms with Crippen LogP contribution in [0.3, 0.4) is 0 Å². The second-order valence-electron chi connectivity index (χ2n) is 7.13. The van der Waals surface area contributed by atoms with Gasteiger partial charge in [0.2, 0.25) is 5.91 Å². The summed E-state index contributed by atoms with van der Waals surface area (Å²) >= 11 is 0. The van der Waals surface area contributed by atoms with E-state index in [0.717, 1.165) is 11.3 Å². The van der Waals surface area contributed by atoms with E-state index in [2.05, 4.69) is 15.5 Å². The van der Waals surface area contributed by atoms with Gasteiger partial charge in [-0.2, -0.15) is 0 Å². The summed E-state index contributed by atoms with van der Waals surface area (Å²) in [6, 6.07) is 12.8. The van der Waals surface area contributed by atoms with Gasteiger partial charge in [0.1, 0.15) is 5.82 Å². The lowest BCUT2D eigenvalue weighted by Crippen LogP contribution is -2.52. The number of carbonyl (C=O) groups excluding carboxylic acids is 3. The average Bonchev–Trinajstić information content (AvgIpc) is 2.77. The van der Waals surface area contributed by atoms with E-state index in [1.54, 1.807) is 17.0 Å². The number of piperazine rings is 1. The average molecular weight is 412 g/mol. The number of nitrogens with one attached hydrogen (secondary N) is 2. The van der Waals surface area contributed by atoms with Crippen LogP contribution in [0.25, 0.3) is 0 Å². The molecule has 2 N–H and O–H groups in total. The molecule has 0 aliphatic carbocycles. The molecule has 3 amide bonds. The number of Topliss-reactive ketones (excluding diaryl/α,β-unsaturated/α-hetero) is 1. The fourth-order valence-corrected chi connectivity index (χ4v) is 3.24. The van der Waals surface area contributed by atoms with Crippen LogP contribution >= 0.6 is 0 Å². The summed E-state index contributed by atoms with van der Waals surface area (Å²) in [7, 11) is 0. The Labute approximate surface area is 174 Å². The zero-order valence-electron chi connectivity index (χ0n) is 16.9. The van der Waals surface area contributed by atoms with Gasteiger partial charge in [0, 0.05) is 44.0 Å². The number of ketones is 1. The maximum Gasteiger partial charge on any atom is 0.315 e. The lowest BCUT2D eigenvalue weighted by molar-refractivity contribution is -0.130. The molecule has 2 aromatic rings. The predicted octanol–water partition coefficient (Wildman–Crippen LogP) is 2.18. The highest BCUT2D eigenvalue weighted by Crippen LogP contribution is 2.17. The summed E-state index contributed by atoms with van der Waals surface area (Å²) in [4.78, 5) is 39.5. The van der Waals surface area contributed by atoms with Gasteiger partial charge in [0.25, 0.3) is 0 Å². The predicted molar refractivity (Wildman–Crippen MR) is 112 cm³/mol. The van der Waals surface area contributed by atoms with Crippen molar-refractivity contribution in [3.63, 3.8) is 0 Å². The first-order valence-electron chi connectivity index (χ1n) is 9.82. The number of nitrogens with zero attached hydrogens (tertiary/aromatic N) is 2. The molecular formula is C22H25FN4O3. The molecular weight excluding hydrogens is 387 g/mol. The van der Waals surface area contributed by atoms with E-state index in [1.165, 1.54) is 19.1 Å². The summed E-state index contributed by atoms with van der Waals surface area (Å²) in [6.07, 6.45) is 0. The van der Waals surface area contributed by atoms with Gasteiger partial charge < -0.3 is 20.4 Å². The van der Waals surface area contributed by atoms with Gasteiger partial charge in [-0.05, 0) is 48.9 Å². The Kier molecular flexibility index (Phi) is 7.00. The summed E-state index contributed by atoms with van der Waals surface area (Å²) in [5.41, 5.74) is 2.46. The van der Waals surface area contributed by atoms with Crippen molar-refractivity contribution in [2.75, 3.05) is 37.6 Å². The Morgan fingerprint density at radius 2 is 1.53 bits per heavy atom. The summed E-state index contributed by atoms with van der Waals surface area (Å²) in [5.74, 6) is -0.438. The van der Waals surface area contributed by atoms with Gasteiger partial charge in [0.15, 0.2) is 5.78 Å². The van der Waals surface area contributed by atoms with Crippen molar-refractivity contribution >= 4 is 23.4 Å². The van der Waals surface area contributed by atoms with Crippen LogP contribution in [0.2, 0.25) is 0 Å². The van der Waals surface area contributed by atoms with Crippen molar-refractivity contribution in [2.45, 2.75) is 13.5 Å². The quantitative estimate of drug-likeness (QED) is 0.713. The third-order valence-electron chi connectivity index (χ3n) is 5.04. The Bertz CT molecular complexity index is 892. The molecule has 1 aliphatic heterocycles. The molecule has 1 fully saturated rings. The monoisotopic (exact) mass is 412 g/mol. The number of benzene rings is 2. The van der Waals surface area contributed by atoms with Crippen LogP contribution in [0, 0.1) is 5.82 Å². The minimum atomic E-state index is -0.447. The Balaban J connectivity index is 1.39. The highest BCUT2D eigenvalue weighted by Gasteiger charge is 2.21. The van der Waals surface area contributed by atoms with E-state index in [-0.39, 0.29) is 30.6 Å². The van der Waals surface area contributed by atoms with Gasteiger partial charge in [0.05, 0.1) is 6.54 Å². The van der Waals surface area contributed by atoms with Gasteiger partial charge in [-0.15, -0.1) is 0 Å². The largest absolute Gasteiger partial charge is 0.368 e. The van der Waals surface area contributed by atoms with Crippen LogP contribution in [0.15, 0.2) is 48.5 Å². The van der Waals surface area contributed by atoms with Gasteiger partial charge in [-0.3, -0.25) is 9.59 Å². The second kappa shape index (κ2) is 9.87. The number of halogens is 1. The van der Waals surface area contributed by atoms with Crippen LogP contribution in [0.5, 0.6) is 0 Å². The number of anilines is 1. The van der Waals surface area contributed by atoms with E-state index in [0.29, 0.717) is 31.7 Å². The molecule has 158 valence electrons. The first-order chi connectivity index (χ1) is 14.4. The molecule has 0 atom stereocenters. The van der Waals surface area contributed by atoms with Gasteiger partial charge in [-0.1, -0.05) is 12.1 Å². The molecule has 0 bridgehead atoms. The smallest absolute Gasteiger partial charge is 0.315 e. The second-order valence-corrected chi connectivity index (χ2v) is 7.13. The number of hydrogen-bond donors (Lipinski definition) is 2. The van der Waals surface area contributed by atoms with Gasteiger partial charge >= 0.3 is 6.03 Å². The molecule has 0 radical (unpaired) electrons. The van der Waals surface area contributed by atoms with Crippen molar-refractivity contribution < 1.29 is 18.8 Å². The van der Waals surface area contributed by atoms with Crippen molar-refractivity contribution in [1.29, 1.82) is 0 Å².